The maximum Gasteiger partial charge on any atom is 0.187 e. The first kappa shape index (κ1) is 16.4. The molecule has 130 valence electrons. The van der Waals surface area contributed by atoms with Gasteiger partial charge in [0.25, 0.3) is 0 Å². The van der Waals surface area contributed by atoms with Crippen LogP contribution in [0.15, 0.2) is 106 Å². The fraction of sp³-hybridized carbons (Fsp3) is 0.0909. The van der Waals surface area contributed by atoms with Crippen molar-refractivity contribution in [3.63, 3.8) is 0 Å². The van der Waals surface area contributed by atoms with Gasteiger partial charge in [-0.25, -0.2) is 0 Å². The lowest BCUT2D eigenvalue weighted by molar-refractivity contribution is -0.133. The summed E-state index contributed by atoms with van der Waals surface area (Å²) in [5, 5.41) is 24.0. The van der Waals surface area contributed by atoms with Gasteiger partial charge in [-0.1, -0.05) is 60.7 Å². The Morgan fingerprint density at radius 3 is 1.19 bits per heavy atom. The van der Waals surface area contributed by atoms with E-state index in [1.807, 2.05) is 12.1 Å². The van der Waals surface area contributed by atoms with Crippen molar-refractivity contribution in [3.05, 3.63) is 120 Å². The van der Waals surface area contributed by atoms with Crippen LogP contribution in [0.5, 0.6) is 0 Å². The van der Waals surface area contributed by atoms with E-state index in [4.69, 9.17) is 8.83 Å². The van der Waals surface area contributed by atoms with Gasteiger partial charge in [0.05, 0.1) is 12.5 Å². The largest absolute Gasteiger partial charge is 0.466 e. The minimum atomic E-state index is -1.91. The van der Waals surface area contributed by atoms with E-state index in [-0.39, 0.29) is 11.5 Å². The van der Waals surface area contributed by atoms with Crippen molar-refractivity contribution in [2.24, 2.45) is 0 Å². The van der Waals surface area contributed by atoms with Crippen LogP contribution in [-0.4, -0.2) is 10.2 Å². The zero-order valence-electron chi connectivity index (χ0n) is 13.9. The Morgan fingerprint density at radius 2 is 0.885 bits per heavy atom. The first-order chi connectivity index (χ1) is 12.7. The van der Waals surface area contributed by atoms with Crippen LogP contribution in [0.2, 0.25) is 0 Å². The molecule has 0 saturated carbocycles. The zero-order chi connectivity index (χ0) is 18.0. The van der Waals surface area contributed by atoms with E-state index in [1.165, 1.54) is 12.5 Å². The average molecular weight is 346 g/mol. The van der Waals surface area contributed by atoms with Crippen LogP contribution in [0.25, 0.3) is 0 Å². The summed E-state index contributed by atoms with van der Waals surface area (Å²) >= 11 is 0. The predicted molar refractivity (Wildman–Crippen MR) is 96.3 cm³/mol. The van der Waals surface area contributed by atoms with E-state index in [2.05, 4.69) is 0 Å². The lowest BCUT2D eigenvalue weighted by atomic mass is 9.70. The lowest BCUT2D eigenvalue weighted by Gasteiger charge is -2.41. The van der Waals surface area contributed by atoms with Crippen LogP contribution in [0.3, 0.4) is 0 Å². The molecule has 0 spiro atoms. The van der Waals surface area contributed by atoms with Crippen molar-refractivity contribution in [1.29, 1.82) is 0 Å². The quantitative estimate of drug-likeness (QED) is 0.572. The van der Waals surface area contributed by atoms with Crippen LogP contribution in [0.1, 0.15) is 22.6 Å². The molecule has 0 aliphatic rings. The second kappa shape index (κ2) is 6.33. The molecular weight excluding hydrogens is 328 g/mol. The van der Waals surface area contributed by atoms with Gasteiger partial charge in [-0.05, 0) is 35.4 Å². The summed E-state index contributed by atoms with van der Waals surface area (Å²) in [7, 11) is 0. The summed E-state index contributed by atoms with van der Waals surface area (Å²) in [5.74, 6) is 0.429. The van der Waals surface area contributed by atoms with Crippen LogP contribution < -0.4 is 0 Å². The van der Waals surface area contributed by atoms with Gasteiger partial charge >= 0.3 is 0 Å². The highest BCUT2D eigenvalue weighted by molar-refractivity contribution is 5.45. The summed E-state index contributed by atoms with van der Waals surface area (Å²) < 4.78 is 11.1. The van der Waals surface area contributed by atoms with Crippen molar-refractivity contribution in [2.75, 3.05) is 0 Å². The summed E-state index contributed by atoms with van der Waals surface area (Å²) in [5.41, 5.74) is -2.84. The van der Waals surface area contributed by atoms with Crippen LogP contribution in [-0.2, 0) is 11.2 Å². The molecule has 4 rings (SSSR count). The highest BCUT2D eigenvalue weighted by Crippen LogP contribution is 2.49. The molecule has 0 amide bonds. The van der Waals surface area contributed by atoms with Gasteiger partial charge in [-0.3, -0.25) is 0 Å². The second-order valence-electron chi connectivity index (χ2n) is 6.11. The Hall–Kier alpha value is -3.08. The van der Waals surface area contributed by atoms with E-state index in [0.717, 1.165) is 0 Å². The molecule has 4 aromatic rings. The van der Waals surface area contributed by atoms with Crippen molar-refractivity contribution in [2.45, 2.75) is 11.2 Å². The molecule has 2 heterocycles. The van der Waals surface area contributed by atoms with E-state index in [1.54, 1.807) is 72.8 Å². The molecule has 0 bridgehead atoms. The van der Waals surface area contributed by atoms with Gasteiger partial charge < -0.3 is 19.0 Å². The molecule has 2 aromatic heterocycles. The van der Waals surface area contributed by atoms with Crippen LogP contribution >= 0.6 is 0 Å². The number of rotatable bonds is 5. The van der Waals surface area contributed by atoms with Gasteiger partial charge in [0.15, 0.2) is 11.2 Å². The van der Waals surface area contributed by atoms with Crippen molar-refractivity contribution >= 4 is 0 Å². The summed E-state index contributed by atoms with van der Waals surface area (Å²) in [6.45, 7) is 0. The summed E-state index contributed by atoms with van der Waals surface area (Å²) in [6, 6.07) is 24.5. The minimum absolute atomic E-state index is 0.214. The second-order valence-corrected chi connectivity index (χ2v) is 6.11. The highest BCUT2D eigenvalue weighted by Gasteiger charge is 2.58. The smallest absolute Gasteiger partial charge is 0.187 e. The fourth-order valence-corrected chi connectivity index (χ4v) is 3.39. The molecule has 0 aliphatic heterocycles. The van der Waals surface area contributed by atoms with Gasteiger partial charge in [-0.15, -0.1) is 0 Å². The molecule has 2 unspecified atom stereocenters. The van der Waals surface area contributed by atoms with Crippen molar-refractivity contribution in [1.82, 2.24) is 0 Å². The average Bonchev–Trinajstić information content (AvgIpc) is 3.42. The Bertz CT molecular complexity index is 864. The van der Waals surface area contributed by atoms with Gasteiger partial charge in [0.2, 0.25) is 0 Å². The Kier molecular flexibility index (Phi) is 3.99. The summed E-state index contributed by atoms with van der Waals surface area (Å²) in [4.78, 5) is 0. The first-order valence-electron chi connectivity index (χ1n) is 8.31. The maximum atomic E-state index is 12.0. The van der Waals surface area contributed by atoms with Gasteiger partial charge in [0.1, 0.15) is 11.5 Å². The highest BCUT2D eigenvalue weighted by atomic mass is 16.4. The lowest BCUT2D eigenvalue weighted by Crippen LogP contribution is -2.50. The number of hydrogen-bond acceptors (Lipinski definition) is 4. The number of furan rings is 2. The molecule has 2 atom stereocenters. The molecule has 2 aromatic carbocycles. The predicted octanol–water partition coefficient (Wildman–Crippen LogP) is 4.04. The Morgan fingerprint density at radius 1 is 0.500 bits per heavy atom. The molecular formula is C22H18O4. The summed E-state index contributed by atoms with van der Waals surface area (Å²) in [6.07, 6.45) is 2.94. The third-order valence-electron chi connectivity index (χ3n) is 4.66. The van der Waals surface area contributed by atoms with Crippen molar-refractivity contribution < 1.29 is 19.0 Å². The van der Waals surface area contributed by atoms with Gasteiger partial charge in [0, 0.05) is 0 Å². The molecule has 26 heavy (non-hydrogen) atoms. The third-order valence-corrected chi connectivity index (χ3v) is 4.66. The molecule has 0 fully saturated rings. The molecule has 4 heteroatoms. The molecule has 0 aliphatic carbocycles. The topological polar surface area (TPSA) is 66.7 Å². The van der Waals surface area contributed by atoms with E-state index in [0.29, 0.717) is 11.1 Å². The van der Waals surface area contributed by atoms with Gasteiger partial charge in [-0.2, -0.15) is 0 Å². The van der Waals surface area contributed by atoms with Crippen LogP contribution in [0, 0.1) is 0 Å². The monoisotopic (exact) mass is 346 g/mol. The first-order valence-corrected chi connectivity index (χ1v) is 8.31. The maximum absolute atomic E-state index is 12.0. The van der Waals surface area contributed by atoms with E-state index in [9.17, 15) is 10.2 Å². The standard InChI is InChI=1S/C22H18O4/c23-21(19-13-7-15-25-19,17-9-3-1-4-10-17)22(24,20-14-8-16-26-20)18-11-5-2-6-12-18/h1-16,23-24H. The molecule has 0 radical (unpaired) electrons. The SMILES string of the molecule is OC(c1ccccc1)(c1ccco1)C(O)(c1ccccc1)c1ccco1. The molecule has 4 nitrogen and oxygen atoms in total. The zero-order valence-corrected chi connectivity index (χ0v) is 13.9. The Balaban J connectivity index is 2.07. The third kappa shape index (κ3) is 2.31. The minimum Gasteiger partial charge on any atom is -0.466 e. The number of aliphatic hydroxyl groups is 2. The normalized spacial score (nSPS) is 15.9. The molecule has 2 N–H and O–H groups in total. The molecule has 0 saturated heterocycles. The Labute approximate surface area is 151 Å². The van der Waals surface area contributed by atoms with Crippen molar-refractivity contribution in [3.8, 4) is 0 Å². The fourth-order valence-electron chi connectivity index (χ4n) is 3.39. The number of benzene rings is 2. The number of hydrogen-bond donors (Lipinski definition) is 2. The van der Waals surface area contributed by atoms with E-state index >= 15 is 0 Å². The van der Waals surface area contributed by atoms with Crippen LogP contribution in [0.4, 0.5) is 0 Å². The van der Waals surface area contributed by atoms with E-state index < -0.39 is 11.2 Å².